The van der Waals surface area contributed by atoms with E-state index in [1.54, 1.807) is 23.1 Å². The highest BCUT2D eigenvalue weighted by molar-refractivity contribution is 7.90. The molecule has 164 valence electrons. The Labute approximate surface area is 181 Å². The van der Waals surface area contributed by atoms with Crippen LogP contribution in [0.15, 0.2) is 45.7 Å². The number of hydrogen-bond donors (Lipinski definition) is 1. The van der Waals surface area contributed by atoms with Crippen LogP contribution in [-0.4, -0.2) is 36.3 Å². The number of aryl methyl sites for hydroxylation is 1. The SMILES string of the molecule is CCOc1ccc(CC)cc1[S+]([O-])NC(=O)c1cc2c(F)cc(N3CC(F)C3)cc2o1. The molecular weight excluding hydrogens is 426 g/mol. The van der Waals surface area contributed by atoms with Crippen molar-refractivity contribution in [3.8, 4) is 5.75 Å². The summed E-state index contributed by atoms with van der Waals surface area (Å²) in [4.78, 5) is 14.7. The van der Waals surface area contributed by atoms with E-state index in [9.17, 15) is 18.1 Å². The van der Waals surface area contributed by atoms with Crippen molar-refractivity contribution in [3.05, 3.63) is 53.5 Å². The van der Waals surface area contributed by atoms with E-state index in [1.807, 2.05) is 19.9 Å². The number of ether oxygens (including phenoxy) is 1. The first-order chi connectivity index (χ1) is 14.9. The average molecular weight is 448 g/mol. The smallest absolute Gasteiger partial charge is 0.328 e. The number of benzene rings is 2. The van der Waals surface area contributed by atoms with Crippen molar-refractivity contribution in [2.75, 3.05) is 24.6 Å². The van der Waals surface area contributed by atoms with Gasteiger partial charge in [-0.25, -0.2) is 8.78 Å². The average Bonchev–Trinajstić information content (AvgIpc) is 3.17. The fourth-order valence-corrected chi connectivity index (χ4v) is 4.34. The molecule has 0 spiro atoms. The Hall–Kier alpha value is -2.78. The van der Waals surface area contributed by atoms with Gasteiger partial charge in [-0.3, -0.25) is 4.79 Å². The van der Waals surface area contributed by atoms with Crippen molar-refractivity contribution in [1.82, 2.24) is 4.72 Å². The first-order valence-corrected chi connectivity index (χ1v) is 11.1. The largest absolute Gasteiger partial charge is 0.588 e. The van der Waals surface area contributed by atoms with Crippen LogP contribution in [-0.2, 0) is 17.8 Å². The molecule has 3 aromatic rings. The number of carbonyl (C=O) groups is 1. The third kappa shape index (κ3) is 4.33. The van der Waals surface area contributed by atoms with Gasteiger partial charge < -0.3 is 18.6 Å². The molecule has 31 heavy (non-hydrogen) atoms. The summed E-state index contributed by atoms with van der Waals surface area (Å²) in [5.41, 5.74) is 1.60. The van der Waals surface area contributed by atoms with Crippen LogP contribution in [0.1, 0.15) is 30.0 Å². The van der Waals surface area contributed by atoms with E-state index in [0.29, 0.717) is 22.9 Å². The monoisotopic (exact) mass is 448 g/mol. The molecule has 1 fully saturated rings. The molecule has 9 heteroatoms. The summed E-state index contributed by atoms with van der Waals surface area (Å²) in [6.45, 7) is 4.54. The molecule has 1 saturated heterocycles. The number of nitrogens with zero attached hydrogens (tertiary/aromatic N) is 1. The Kier molecular flexibility index (Phi) is 6.06. The number of nitrogens with one attached hydrogen (secondary N) is 1. The number of amides is 1. The highest BCUT2D eigenvalue weighted by atomic mass is 32.2. The van der Waals surface area contributed by atoms with Gasteiger partial charge in [0.15, 0.2) is 11.5 Å². The second kappa shape index (κ2) is 8.76. The highest BCUT2D eigenvalue weighted by Crippen LogP contribution is 2.31. The van der Waals surface area contributed by atoms with Gasteiger partial charge in [-0.05, 0) is 31.0 Å². The fourth-order valence-electron chi connectivity index (χ4n) is 3.39. The molecule has 0 bridgehead atoms. The first-order valence-electron chi connectivity index (χ1n) is 10.00. The summed E-state index contributed by atoms with van der Waals surface area (Å²) in [6, 6.07) is 9.43. The van der Waals surface area contributed by atoms with Crippen molar-refractivity contribution in [1.29, 1.82) is 0 Å². The molecule has 1 aromatic heterocycles. The molecule has 0 radical (unpaired) electrons. The Morgan fingerprint density at radius 2 is 2.06 bits per heavy atom. The Bertz CT molecular complexity index is 1110. The predicted octanol–water partition coefficient (Wildman–Crippen LogP) is 4.14. The van der Waals surface area contributed by atoms with Gasteiger partial charge in [0.2, 0.25) is 4.90 Å². The minimum Gasteiger partial charge on any atom is -0.588 e. The second-order valence-corrected chi connectivity index (χ2v) is 8.40. The van der Waals surface area contributed by atoms with Gasteiger partial charge in [0.1, 0.15) is 28.9 Å². The Balaban J connectivity index is 1.56. The zero-order valence-electron chi connectivity index (χ0n) is 17.1. The van der Waals surface area contributed by atoms with Gasteiger partial charge in [-0.2, -0.15) is 4.72 Å². The molecule has 1 unspecified atom stereocenters. The fraction of sp³-hybridized carbons (Fsp3) is 0.318. The lowest BCUT2D eigenvalue weighted by Crippen LogP contribution is -2.48. The number of alkyl halides is 1. The summed E-state index contributed by atoms with van der Waals surface area (Å²) in [5, 5.41) is 0.125. The molecule has 2 aromatic carbocycles. The topological polar surface area (TPSA) is 77.8 Å². The van der Waals surface area contributed by atoms with E-state index >= 15 is 0 Å². The zero-order chi connectivity index (χ0) is 22.1. The molecule has 1 aliphatic heterocycles. The van der Waals surface area contributed by atoms with Gasteiger partial charge in [0.05, 0.1) is 25.1 Å². The number of furan rings is 1. The molecule has 1 amide bonds. The van der Waals surface area contributed by atoms with Crippen LogP contribution < -0.4 is 14.4 Å². The molecule has 6 nitrogen and oxygen atoms in total. The normalized spacial score (nSPS) is 15.1. The number of halogens is 2. The second-order valence-electron chi connectivity index (χ2n) is 7.22. The third-order valence-electron chi connectivity index (χ3n) is 5.10. The number of rotatable bonds is 7. The van der Waals surface area contributed by atoms with E-state index < -0.39 is 29.3 Å². The van der Waals surface area contributed by atoms with Crippen molar-refractivity contribution in [3.63, 3.8) is 0 Å². The summed E-state index contributed by atoms with van der Waals surface area (Å²) in [5.74, 6) is -1.07. The maximum absolute atomic E-state index is 14.5. The van der Waals surface area contributed by atoms with E-state index in [1.165, 1.54) is 12.1 Å². The first kappa shape index (κ1) is 21.5. The van der Waals surface area contributed by atoms with Crippen LogP contribution in [0.5, 0.6) is 5.75 Å². The molecular formula is C22H22F2N2O4S. The molecule has 4 rings (SSSR count). The highest BCUT2D eigenvalue weighted by Gasteiger charge is 2.28. The van der Waals surface area contributed by atoms with Gasteiger partial charge in [-0.15, -0.1) is 0 Å². The summed E-state index contributed by atoms with van der Waals surface area (Å²) < 4.78 is 53.9. The van der Waals surface area contributed by atoms with Crippen molar-refractivity contribution in [2.24, 2.45) is 0 Å². The van der Waals surface area contributed by atoms with Crippen molar-refractivity contribution in [2.45, 2.75) is 31.3 Å². The molecule has 1 atom stereocenters. The number of carbonyl (C=O) groups excluding carboxylic acids is 1. The maximum atomic E-state index is 14.5. The van der Waals surface area contributed by atoms with Crippen LogP contribution in [0.4, 0.5) is 14.5 Å². The third-order valence-corrected chi connectivity index (χ3v) is 6.19. The van der Waals surface area contributed by atoms with Gasteiger partial charge >= 0.3 is 5.91 Å². The number of anilines is 1. The van der Waals surface area contributed by atoms with E-state index in [0.717, 1.165) is 12.0 Å². The predicted molar refractivity (Wildman–Crippen MR) is 114 cm³/mol. The summed E-state index contributed by atoms with van der Waals surface area (Å²) >= 11 is -1.90. The van der Waals surface area contributed by atoms with Gasteiger partial charge in [0, 0.05) is 23.9 Å². The molecule has 2 heterocycles. The Morgan fingerprint density at radius 3 is 2.74 bits per heavy atom. The Morgan fingerprint density at radius 1 is 1.29 bits per heavy atom. The van der Waals surface area contributed by atoms with Crippen molar-refractivity contribution >= 4 is 33.9 Å². The lowest BCUT2D eigenvalue weighted by atomic mass is 10.1. The molecule has 1 aliphatic rings. The summed E-state index contributed by atoms with van der Waals surface area (Å²) in [6.07, 6.45) is -0.199. The van der Waals surface area contributed by atoms with E-state index in [-0.39, 0.29) is 29.8 Å². The van der Waals surface area contributed by atoms with Crippen molar-refractivity contribution < 1.29 is 27.3 Å². The van der Waals surface area contributed by atoms with E-state index in [4.69, 9.17) is 9.15 Å². The van der Waals surface area contributed by atoms with Crippen LogP contribution >= 0.6 is 0 Å². The molecule has 0 aliphatic carbocycles. The minimum atomic E-state index is -1.90. The summed E-state index contributed by atoms with van der Waals surface area (Å²) in [7, 11) is 0. The van der Waals surface area contributed by atoms with Crippen LogP contribution in [0.25, 0.3) is 11.0 Å². The van der Waals surface area contributed by atoms with Crippen LogP contribution in [0.2, 0.25) is 0 Å². The standard InChI is InChI=1S/C22H22F2N2O4S/c1-3-13-5-6-18(29-4-2)21(7-13)31(28)25-22(27)20-10-16-17(24)8-15(9-19(16)30-20)26-11-14(23)12-26/h5-10,14H,3-4,11-12H2,1-2H3,(H,25,27). The molecule has 0 saturated carbocycles. The minimum absolute atomic E-state index is 0.125. The van der Waals surface area contributed by atoms with Gasteiger partial charge in [-0.1, -0.05) is 13.0 Å². The van der Waals surface area contributed by atoms with Crippen LogP contribution in [0, 0.1) is 5.82 Å². The number of fused-ring (bicyclic) bond motifs is 1. The van der Waals surface area contributed by atoms with E-state index in [2.05, 4.69) is 4.72 Å². The lowest BCUT2D eigenvalue weighted by Gasteiger charge is -2.36. The zero-order valence-corrected chi connectivity index (χ0v) is 17.9. The maximum Gasteiger partial charge on any atom is 0.328 e. The van der Waals surface area contributed by atoms with Gasteiger partial charge in [0.25, 0.3) is 0 Å². The van der Waals surface area contributed by atoms with Crippen LogP contribution in [0.3, 0.4) is 0 Å². The lowest BCUT2D eigenvalue weighted by molar-refractivity contribution is 0.0956. The molecule has 1 N–H and O–H groups in total. The number of hydrogen-bond acceptors (Lipinski definition) is 5. The quantitative estimate of drug-likeness (QED) is 0.550.